The van der Waals surface area contributed by atoms with Crippen LogP contribution in [0.4, 0.5) is 0 Å². The molecule has 2 aromatic rings. The minimum absolute atomic E-state index is 0.114. The molecule has 3 rings (SSSR count). The lowest BCUT2D eigenvalue weighted by Crippen LogP contribution is -2.48. The number of benzene rings is 1. The minimum atomic E-state index is 0.114. The van der Waals surface area contributed by atoms with E-state index in [0.717, 1.165) is 50.5 Å². The molecule has 128 valence electrons. The fraction of sp³-hybridized carbons (Fsp3) is 0.474. The Bertz CT molecular complexity index is 714. The SMILES string of the molecule is CCn1ncc(C(=O)N2CCN(Cc3ccccc3C)CC2)c1C. The first-order chi connectivity index (χ1) is 11.6. The van der Waals surface area contributed by atoms with Gasteiger partial charge in [-0.05, 0) is 31.9 Å². The monoisotopic (exact) mass is 326 g/mol. The number of hydrogen-bond acceptors (Lipinski definition) is 3. The fourth-order valence-corrected chi connectivity index (χ4v) is 3.28. The van der Waals surface area contributed by atoms with Crippen LogP contribution in [0.3, 0.4) is 0 Å². The third-order valence-electron chi connectivity index (χ3n) is 4.95. The van der Waals surface area contributed by atoms with E-state index in [9.17, 15) is 4.79 Å². The number of carbonyl (C=O) groups excluding carboxylic acids is 1. The molecule has 24 heavy (non-hydrogen) atoms. The quantitative estimate of drug-likeness (QED) is 0.867. The highest BCUT2D eigenvalue weighted by Crippen LogP contribution is 2.15. The van der Waals surface area contributed by atoms with Crippen molar-refractivity contribution >= 4 is 5.91 Å². The molecule has 0 bridgehead atoms. The number of aryl methyl sites for hydroxylation is 2. The summed E-state index contributed by atoms with van der Waals surface area (Å²) in [6.07, 6.45) is 1.71. The largest absolute Gasteiger partial charge is 0.336 e. The zero-order valence-corrected chi connectivity index (χ0v) is 14.8. The van der Waals surface area contributed by atoms with Crippen LogP contribution in [0.25, 0.3) is 0 Å². The minimum Gasteiger partial charge on any atom is -0.336 e. The maximum Gasteiger partial charge on any atom is 0.257 e. The van der Waals surface area contributed by atoms with Gasteiger partial charge in [-0.1, -0.05) is 24.3 Å². The van der Waals surface area contributed by atoms with Crippen LogP contribution in [0.2, 0.25) is 0 Å². The van der Waals surface area contributed by atoms with E-state index in [1.165, 1.54) is 11.1 Å². The summed E-state index contributed by atoms with van der Waals surface area (Å²) in [7, 11) is 0. The summed E-state index contributed by atoms with van der Waals surface area (Å²) in [6, 6.07) is 8.52. The van der Waals surface area contributed by atoms with E-state index in [-0.39, 0.29) is 5.91 Å². The average Bonchev–Trinajstić information content (AvgIpc) is 2.97. The van der Waals surface area contributed by atoms with Gasteiger partial charge in [0.05, 0.1) is 11.8 Å². The van der Waals surface area contributed by atoms with Crippen LogP contribution < -0.4 is 0 Å². The number of carbonyl (C=O) groups is 1. The molecule has 0 atom stereocenters. The van der Waals surface area contributed by atoms with Gasteiger partial charge in [-0.15, -0.1) is 0 Å². The fourth-order valence-electron chi connectivity index (χ4n) is 3.28. The van der Waals surface area contributed by atoms with Gasteiger partial charge in [-0.25, -0.2) is 0 Å². The lowest BCUT2D eigenvalue weighted by Gasteiger charge is -2.35. The summed E-state index contributed by atoms with van der Waals surface area (Å²) in [6.45, 7) is 11.3. The summed E-state index contributed by atoms with van der Waals surface area (Å²) in [4.78, 5) is 17.1. The standard InChI is InChI=1S/C19H26N4O/c1-4-23-16(3)18(13-20-23)19(24)22-11-9-21(10-12-22)14-17-8-6-5-7-15(17)2/h5-8,13H,4,9-12,14H2,1-3H3. The maximum absolute atomic E-state index is 12.7. The molecule has 5 nitrogen and oxygen atoms in total. The highest BCUT2D eigenvalue weighted by atomic mass is 16.2. The molecule has 2 heterocycles. The number of amides is 1. The predicted octanol–water partition coefficient (Wildman–Crippen LogP) is 2.48. The molecule has 5 heteroatoms. The van der Waals surface area contributed by atoms with E-state index in [0.29, 0.717) is 0 Å². The van der Waals surface area contributed by atoms with Crippen LogP contribution in [0, 0.1) is 13.8 Å². The third-order valence-corrected chi connectivity index (χ3v) is 4.95. The van der Waals surface area contributed by atoms with Gasteiger partial charge in [0.25, 0.3) is 5.91 Å². The zero-order valence-electron chi connectivity index (χ0n) is 14.8. The maximum atomic E-state index is 12.7. The molecular weight excluding hydrogens is 300 g/mol. The smallest absolute Gasteiger partial charge is 0.257 e. The van der Waals surface area contributed by atoms with E-state index < -0.39 is 0 Å². The van der Waals surface area contributed by atoms with E-state index in [2.05, 4.69) is 41.2 Å². The van der Waals surface area contributed by atoms with Crippen LogP contribution in [-0.4, -0.2) is 51.7 Å². The molecule has 0 N–H and O–H groups in total. The third kappa shape index (κ3) is 3.36. The molecule has 1 aromatic carbocycles. The predicted molar refractivity (Wildman–Crippen MR) is 95.0 cm³/mol. The van der Waals surface area contributed by atoms with Crippen molar-refractivity contribution in [3.63, 3.8) is 0 Å². The van der Waals surface area contributed by atoms with Crippen molar-refractivity contribution in [2.24, 2.45) is 0 Å². The first-order valence-electron chi connectivity index (χ1n) is 8.68. The second kappa shape index (κ2) is 7.18. The van der Waals surface area contributed by atoms with Gasteiger partial charge >= 0.3 is 0 Å². The normalized spacial score (nSPS) is 15.7. The van der Waals surface area contributed by atoms with Crippen LogP contribution in [0.15, 0.2) is 30.5 Å². The topological polar surface area (TPSA) is 41.4 Å². The number of piperazine rings is 1. The van der Waals surface area contributed by atoms with Gasteiger partial charge in [0, 0.05) is 45.0 Å². The molecule has 1 aliphatic rings. The first-order valence-corrected chi connectivity index (χ1v) is 8.68. The number of rotatable bonds is 4. The lowest BCUT2D eigenvalue weighted by atomic mass is 10.1. The Kier molecular flexibility index (Phi) is 5.00. The summed E-state index contributed by atoms with van der Waals surface area (Å²) < 4.78 is 1.88. The Morgan fingerprint density at radius 2 is 1.83 bits per heavy atom. The Balaban J connectivity index is 1.59. The van der Waals surface area contributed by atoms with Crippen LogP contribution in [0.5, 0.6) is 0 Å². The summed E-state index contributed by atoms with van der Waals surface area (Å²) in [5.41, 5.74) is 4.41. The van der Waals surface area contributed by atoms with Gasteiger partial charge in [0.1, 0.15) is 0 Å². The highest BCUT2D eigenvalue weighted by Gasteiger charge is 2.24. The van der Waals surface area contributed by atoms with Gasteiger partial charge < -0.3 is 4.90 Å². The van der Waals surface area contributed by atoms with Crippen molar-refractivity contribution < 1.29 is 4.79 Å². The Morgan fingerprint density at radius 3 is 2.46 bits per heavy atom. The van der Waals surface area contributed by atoms with Crippen molar-refractivity contribution in [2.75, 3.05) is 26.2 Å². The van der Waals surface area contributed by atoms with Crippen molar-refractivity contribution in [2.45, 2.75) is 33.9 Å². The molecule has 0 radical (unpaired) electrons. The second-order valence-electron chi connectivity index (χ2n) is 6.45. The van der Waals surface area contributed by atoms with E-state index in [4.69, 9.17) is 0 Å². The zero-order chi connectivity index (χ0) is 17.1. The number of hydrogen-bond donors (Lipinski definition) is 0. The number of aromatic nitrogens is 2. The van der Waals surface area contributed by atoms with Gasteiger partial charge in [0.2, 0.25) is 0 Å². The summed E-state index contributed by atoms with van der Waals surface area (Å²) in [5.74, 6) is 0.114. The Hall–Kier alpha value is -2.14. The Morgan fingerprint density at radius 1 is 1.12 bits per heavy atom. The first kappa shape index (κ1) is 16.7. The molecule has 1 amide bonds. The Labute approximate surface area is 143 Å². The highest BCUT2D eigenvalue weighted by molar-refractivity contribution is 5.95. The molecule has 1 fully saturated rings. The second-order valence-corrected chi connectivity index (χ2v) is 6.45. The van der Waals surface area contributed by atoms with Crippen molar-refractivity contribution in [1.82, 2.24) is 19.6 Å². The lowest BCUT2D eigenvalue weighted by molar-refractivity contribution is 0.0627. The number of nitrogens with zero attached hydrogens (tertiary/aromatic N) is 4. The van der Waals surface area contributed by atoms with Crippen molar-refractivity contribution in [3.8, 4) is 0 Å². The van der Waals surface area contributed by atoms with E-state index in [1.807, 2.05) is 23.4 Å². The summed E-state index contributed by atoms with van der Waals surface area (Å²) >= 11 is 0. The summed E-state index contributed by atoms with van der Waals surface area (Å²) in [5, 5.41) is 4.29. The molecule has 1 aromatic heterocycles. The molecule has 0 spiro atoms. The van der Waals surface area contributed by atoms with Gasteiger partial charge in [-0.3, -0.25) is 14.4 Å². The van der Waals surface area contributed by atoms with Crippen LogP contribution in [0.1, 0.15) is 34.1 Å². The van der Waals surface area contributed by atoms with Crippen molar-refractivity contribution in [3.05, 3.63) is 52.8 Å². The average molecular weight is 326 g/mol. The molecule has 0 unspecified atom stereocenters. The van der Waals surface area contributed by atoms with Crippen molar-refractivity contribution in [1.29, 1.82) is 0 Å². The van der Waals surface area contributed by atoms with Gasteiger partial charge in [-0.2, -0.15) is 5.10 Å². The van der Waals surface area contributed by atoms with Crippen LogP contribution in [-0.2, 0) is 13.1 Å². The molecule has 1 aliphatic heterocycles. The van der Waals surface area contributed by atoms with E-state index >= 15 is 0 Å². The molecule has 1 saturated heterocycles. The van der Waals surface area contributed by atoms with Crippen LogP contribution >= 0.6 is 0 Å². The molecular formula is C19H26N4O. The molecule has 0 saturated carbocycles. The van der Waals surface area contributed by atoms with E-state index in [1.54, 1.807) is 6.20 Å². The molecule has 0 aliphatic carbocycles. The van der Waals surface area contributed by atoms with Gasteiger partial charge in [0.15, 0.2) is 0 Å².